The molecule has 1 heterocycles. The van der Waals surface area contributed by atoms with Gasteiger partial charge < -0.3 is 9.30 Å². The summed E-state index contributed by atoms with van der Waals surface area (Å²) >= 11 is 5.92. The SMILES string of the molecule is CCOCCN(CC)S(=O)(=O)c1ncn(C)c1Cl. The number of likely N-dealkylation sites (N-methyl/N-ethyl adjacent to an activating group) is 1. The van der Waals surface area contributed by atoms with Crippen LogP contribution in [0.3, 0.4) is 0 Å². The average molecular weight is 296 g/mol. The molecule has 0 aliphatic heterocycles. The fraction of sp³-hybridized carbons (Fsp3) is 0.700. The van der Waals surface area contributed by atoms with Gasteiger partial charge in [0, 0.05) is 26.7 Å². The van der Waals surface area contributed by atoms with Crippen LogP contribution in [-0.2, 0) is 21.8 Å². The molecular weight excluding hydrogens is 278 g/mol. The largest absolute Gasteiger partial charge is 0.380 e. The summed E-state index contributed by atoms with van der Waals surface area (Å²) < 4.78 is 32.5. The molecule has 1 aromatic rings. The van der Waals surface area contributed by atoms with Gasteiger partial charge in [0.05, 0.1) is 12.9 Å². The first-order valence-electron chi connectivity index (χ1n) is 5.69. The smallest absolute Gasteiger partial charge is 0.263 e. The lowest BCUT2D eigenvalue weighted by Gasteiger charge is -2.19. The highest BCUT2D eigenvalue weighted by atomic mass is 35.5. The standard InChI is InChI=1S/C10H18ClN3O3S/c1-4-14(6-7-17-5-2)18(15,16)10-9(11)13(3)8-12-10/h8H,4-7H2,1-3H3. The van der Waals surface area contributed by atoms with Gasteiger partial charge in [-0.15, -0.1) is 0 Å². The van der Waals surface area contributed by atoms with E-state index in [-0.39, 0.29) is 10.2 Å². The molecule has 0 N–H and O–H groups in total. The van der Waals surface area contributed by atoms with Crippen molar-refractivity contribution in [3.05, 3.63) is 11.5 Å². The number of hydrogen-bond donors (Lipinski definition) is 0. The van der Waals surface area contributed by atoms with Crippen LogP contribution in [0.2, 0.25) is 5.15 Å². The maximum absolute atomic E-state index is 12.3. The second-order valence-electron chi connectivity index (χ2n) is 3.65. The van der Waals surface area contributed by atoms with Crippen molar-refractivity contribution in [2.45, 2.75) is 18.9 Å². The van der Waals surface area contributed by atoms with Crippen LogP contribution >= 0.6 is 11.6 Å². The van der Waals surface area contributed by atoms with Crippen molar-refractivity contribution in [2.75, 3.05) is 26.3 Å². The zero-order valence-corrected chi connectivity index (χ0v) is 12.3. The van der Waals surface area contributed by atoms with E-state index in [1.54, 1.807) is 14.0 Å². The van der Waals surface area contributed by atoms with Gasteiger partial charge >= 0.3 is 0 Å². The first kappa shape index (κ1) is 15.4. The second-order valence-corrected chi connectivity index (χ2v) is 5.86. The number of sulfonamides is 1. The molecule has 0 bridgehead atoms. The molecule has 0 aromatic carbocycles. The van der Waals surface area contributed by atoms with E-state index >= 15 is 0 Å². The molecule has 6 nitrogen and oxygen atoms in total. The first-order chi connectivity index (χ1) is 8.45. The van der Waals surface area contributed by atoms with Gasteiger partial charge in [0.1, 0.15) is 5.15 Å². The lowest BCUT2D eigenvalue weighted by Crippen LogP contribution is -2.34. The zero-order chi connectivity index (χ0) is 13.8. The summed E-state index contributed by atoms with van der Waals surface area (Å²) in [5, 5.41) is 0.00914. The highest BCUT2D eigenvalue weighted by molar-refractivity contribution is 7.89. The quantitative estimate of drug-likeness (QED) is 0.707. The molecule has 0 aliphatic carbocycles. The van der Waals surface area contributed by atoms with Crippen molar-refractivity contribution in [1.82, 2.24) is 13.9 Å². The fourth-order valence-electron chi connectivity index (χ4n) is 1.45. The van der Waals surface area contributed by atoms with Gasteiger partial charge in [-0.2, -0.15) is 4.31 Å². The zero-order valence-electron chi connectivity index (χ0n) is 10.8. The van der Waals surface area contributed by atoms with Gasteiger partial charge in [0.2, 0.25) is 5.03 Å². The summed E-state index contributed by atoms with van der Waals surface area (Å²) in [4.78, 5) is 3.84. The van der Waals surface area contributed by atoms with E-state index in [0.29, 0.717) is 26.3 Å². The van der Waals surface area contributed by atoms with Crippen LogP contribution in [-0.4, -0.2) is 48.6 Å². The predicted octanol–water partition coefficient (Wildman–Crippen LogP) is 1.12. The number of ether oxygens (including phenoxy) is 1. The molecule has 0 saturated heterocycles. The summed E-state index contributed by atoms with van der Waals surface area (Å²) in [6.07, 6.45) is 1.38. The molecule has 0 amide bonds. The van der Waals surface area contributed by atoms with E-state index in [1.807, 2.05) is 6.92 Å². The van der Waals surface area contributed by atoms with Gasteiger partial charge in [0.25, 0.3) is 10.0 Å². The van der Waals surface area contributed by atoms with Gasteiger partial charge in [-0.25, -0.2) is 13.4 Å². The normalized spacial score (nSPS) is 12.3. The van der Waals surface area contributed by atoms with E-state index in [1.165, 1.54) is 15.2 Å². The maximum atomic E-state index is 12.3. The minimum absolute atomic E-state index is 0.106. The van der Waals surface area contributed by atoms with Crippen LogP contribution in [0.5, 0.6) is 0 Å². The molecule has 0 aliphatic rings. The molecule has 0 radical (unpaired) electrons. The summed E-state index contributed by atoms with van der Waals surface area (Å²) in [6, 6.07) is 0. The minimum Gasteiger partial charge on any atom is -0.380 e. The monoisotopic (exact) mass is 295 g/mol. The van der Waals surface area contributed by atoms with Crippen molar-refractivity contribution in [1.29, 1.82) is 0 Å². The number of hydrogen-bond acceptors (Lipinski definition) is 4. The predicted molar refractivity (Wildman–Crippen MR) is 69.1 cm³/mol. The lowest BCUT2D eigenvalue weighted by molar-refractivity contribution is 0.135. The summed E-state index contributed by atoms with van der Waals surface area (Å²) in [6.45, 7) is 5.18. The molecule has 1 rings (SSSR count). The van der Waals surface area contributed by atoms with Crippen molar-refractivity contribution >= 4 is 21.6 Å². The Bertz CT molecular complexity index is 487. The van der Waals surface area contributed by atoms with Crippen LogP contribution in [0.25, 0.3) is 0 Å². The topological polar surface area (TPSA) is 64.4 Å². The second kappa shape index (κ2) is 6.51. The Morgan fingerprint density at radius 2 is 2.17 bits per heavy atom. The number of aromatic nitrogens is 2. The Morgan fingerprint density at radius 3 is 2.61 bits per heavy atom. The van der Waals surface area contributed by atoms with Crippen molar-refractivity contribution in [2.24, 2.45) is 7.05 Å². The molecule has 18 heavy (non-hydrogen) atoms. The molecule has 0 fully saturated rings. The Labute approximate surface area is 113 Å². The van der Waals surface area contributed by atoms with Crippen molar-refractivity contribution in [3.8, 4) is 0 Å². The van der Waals surface area contributed by atoms with E-state index in [9.17, 15) is 8.42 Å². The molecule has 0 atom stereocenters. The average Bonchev–Trinajstić information content (AvgIpc) is 2.66. The highest BCUT2D eigenvalue weighted by Crippen LogP contribution is 2.22. The molecule has 104 valence electrons. The number of halogens is 1. The van der Waals surface area contributed by atoms with Gasteiger partial charge in [-0.05, 0) is 6.92 Å². The Balaban J connectivity index is 2.93. The van der Waals surface area contributed by atoms with Gasteiger partial charge in [-0.1, -0.05) is 18.5 Å². The van der Waals surface area contributed by atoms with E-state index in [2.05, 4.69) is 4.98 Å². The number of rotatable bonds is 7. The Morgan fingerprint density at radius 1 is 1.50 bits per heavy atom. The third-order valence-electron chi connectivity index (χ3n) is 2.46. The maximum Gasteiger partial charge on any atom is 0.263 e. The fourth-order valence-corrected chi connectivity index (χ4v) is 3.27. The Hall–Kier alpha value is -0.630. The van der Waals surface area contributed by atoms with Gasteiger partial charge in [0.15, 0.2) is 0 Å². The van der Waals surface area contributed by atoms with Crippen LogP contribution < -0.4 is 0 Å². The van der Waals surface area contributed by atoms with E-state index in [0.717, 1.165) is 0 Å². The van der Waals surface area contributed by atoms with Crippen molar-refractivity contribution in [3.63, 3.8) is 0 Å². The number of nitrogens with zero attached hydrogens (tertiary/aromatic N) is 3. The lowest BCUT2D eigenvalue weighted by atomic mass is 10.6. The molecular formula is C10H18ClN3O3S. The van der Waals surface area contributed by atoms with Gasteiger partial charge in [-0.3, -0.25) is 0 Å². The Kier molecular flexibility index (Phi) is 5.58. The van der Waals surface area contributed by atoms with Crippen molar-refractivity contribution < 1.29 is 13.2 Å². The number of imidazole rings is 1. The molecule has 8 heteroatoms. The molecule has 1 aromatic heterocycles. The van der Waals surface area contributed by atoms with Crippen LogP contribution in [0, 0.1) is 0 Å². The molecule has 0 saturated carbocycles. The third-order valence-corrected chi connectivity index (χ3v) is 4.93. The summed E-state index contributed by atoms with van der Waals surface area (Å²) in [5.74, 6) is 0. The van der Waals surface area contributed by atoms with E-state index in [4.69, 9.17) is 16.3 Å². The first-order valence-corrected chi connectivity index (χ1v) is 7.51. The molecule has 0 spiro atoms. The number of aryl methyl sites for hydroxylation is 1. The minimum atomic E-state index is -3.65. The van der Waals surface area contributed by atoms with Crippen LogP contribution in [0.4, 0.5) is 0 Å². The summed E-state index contributed by atoms with van der Waals surface area (Å²) in [5.41, 5.74) is 0. The summed E-state index contributed by atoms with van der Waals surface area (Å²) in [7, 11) is -2.01. The highest BCUT2D eigenvalue weighted by Gasteiger charge is 2.28. The van der Waals surface area contributed by atoms with Crippen LogP contribution in [0.1, 0.15) is 13.8 Å². The molecule has 0 unspecified atom stereocenters. The third kappa shape index (κ3) is 3.23. The van der Waals surface area contributed by atoms with Crippen LogP contribution in [0.15, 0.2) is 11.4 Å². The van der Waals surface area contributed by atoms with E-state index < -0.39 is 10.0 Å².